The Morgan fingerprint density at radius 3 is 2.69 bits per heavy atom. The predicted molar refractivity (Wildman–Crippen MR) is 88.8 cm³/mol. The molecule has 2 heterocycles. The van der Waals surface area contributed by atoms with Crippen molar-refractivity contribution >= 4 is 11.7 Å². The molecule has 0 saturated carbocycles. The molecule has 1 fully saturated rings. The van der Waals surface area contributed by atoms with Gasteiger partial charge < -0.3 is 16.0 Å². The van der Waals surface area contributed by atoms with Gasteiger partial charge in [0.05, 0.1) is 11.3 Å². The molecule has 0 spiro atoms. The minimum absolute atomic E-state index is 0.0842. The molecule has 1 aliphatic rings. The van der Waals surface area contributed by atoms with Crippen LogP contribution in [0.25, 0.3) is 5.69 Å². The van der Waals surface area contributed by atoms with E-state index in [0.717, 1.165) is 49.3 Å². The number of carbonyl (C=O) groups is 1. The first-order chi connectivity index (χ1) is 12.4. The van der Waals surface area contributed by atoms with E-state index in [-0.39, 0.29) is 17.2 Å². The van der Waals surface area contributed by atoms with Crippen molar-refractivity contribution in [1.29, 1.82) is 0 Å². The van der Waals surface area contributed by atoms with E-state index < -0.39 is 17.6 Å². The van der Waals surface area contributed by atoms with Gasteiger partial charge in [0, 0.05) is 13.1 Å². The number of likely N-dealkylation sites (tertiary alicyclic amines) is 1. The summed E-state index contributed by atoms with van der Waals surface area (Å²) in [6.07, 6.45) is -2.17. The molecule has 1 amide bonds. The summed E-state index contributed by atoms with van der Waals surface area (Å²) in [7, 11) is 0. The van der Waals surface area contributed by atoms with Gasteiger partial charge in [0.1, 0.15) is 0 Å². The fourth-order valence-electron chi connectivity index (χ4n) is 2.87. The summed E-state index contributed by atoms with van der Waals surface area (Å²) in [6, 6.07) is 4.51. The molecule has 0 unspecified atom stereocenters. The number of halogens is 3. The zero-order valence-corrected chi connectivity index (χ0v) is 14.0. The lowest BCUT2D eigenvalue weighted by molar-refractivity contribution is -0.137. The zero-order chi connectivity index (χ0) is 18.7. The van der Waals surface area contributed by atoms with Gasteiger partial charge in [-0.3, -0.25) is 4.79 Å². The summed E-state index contributed by atoms with van der Waals surface area (Å²) in [4.78, 5) is 14.4. The Morgan fingerprint density at radius 2 is 2.00 bits per heavy atom. The molecule has 1 saturated heterocycles. The highest BCUT2D eigenvalue weighted by atomic mass is 19.4. The van der Waals surface area contributed by atoms with Crippen LogP contribution in [0.15, 0.2) is 24.3 Å². The Hall–Kier alpha value is -2.62. The number of hydrogen-bond acceptors (Lipinski definition) is 5. The number of carbonyl (C=O) groups excluding carboxylic acids is 1. The van der Waals surface area contributed by atoms with Crippen molar-refractivity contribution in [3.8, 4) is 5.69 Å². The number of aromatic nitrogens is 3. The number of nitrogens with two attached hydrogens (primary N) is 1. The fourth-order valence-corrected chi connectivity index (χ4v) is 2.87. The van der Waals surface area contributed by atoms with Crippen LogP contribution >= 0.6 is 0 Å². The first kappa shape index (κ1) is 18.2. The van der Waals surface area contributed by atoms with Crippen molar-refractivity contribution in [2.75, 3.05) is 31.9 Å². The number of nitrogen functional groups attached to an aromatic ring is 1. The van der Waals surface area contributed by atoms with Gasteiger partial charge in [-0.1, -0.05) is 11.3 Å². The molecule has 0 atom stereocenters. The summed E-state index contributed by atoms with van der Waals surface area (Å²) in [5.74, 6) is -0.608. The van der Waals surface area contributed by atoms with Crippen LogP contribution in [0.4, 0.5) is 19.0 Å². The van der Waals surface area contributed by atoms with E-state index in [9.17, 15) is 18.0 Å². The Balaban J connectivity index is 1.70. The summed E-state index contributed by atoms with van der Waals surface area (Å²) in [6.45, 7) is 3.20. The summed E-state index contributed by atoms with van der Waals surface area (Å²) < 4.78 is 39.5. The maximum atomic E-state index is 12.8. The Labute approximate surface area is 148 Å². The van der Waals surface area contributed by atoms with E-state index in [2.05, 4.69) is 20.5 Å². The highest BCUT2D eigenvalue weighted by Crippen LogP contribution is 2.30. The van der Waals surface area contributed by atoms with Gasteiger partial charge in [-0.2, -0.15) is 17.9 Å². The number of hydrogen-bond donors (Lipinski definition) is 2. The molecule has 26 heavy (non-hydrogen) atoms. The molecular formula is C16H19F3N6O. The Kier molecular flexibility index (Phi) is 5.12. The largest absolute Gasteiger partial charge is 0.416 e. The van der Waals surface area contributed by atoms with Gasteiger partial charge in [0.15, 0.2) is 11.5 Å². The Morgan fingerprint density at radius 1 is 1.27 bits per heavy atom. The third kappa shape index (κ3) is 3.96. The second-order valence-corrected chi connectivity index (χ2v) is 6.09. The SMILES string of the molecule is Nc1c(C(=O)NCCN2CCCC2)nnn1-c1cccc(C(F)(F)F)c1. The molecule has 0 bridgehead atoms. The predicted octanol–water partition coefficient (Wildman–Crippen LogP) is 1.69. The third-order valence-electron chi connectivity index (χ3n) is 4.25. The van der Waals surface area contributed by atoms with E-state index in [0.29, 0.717) is 6.54 Å². The minimum atomic E-state index is -4.48. The van der Waals surface area contributed by atoms with E-state index in [1.54, 1.807) is 0 Å². The molecule has 1 aromatic heterocycles. The molecule has 2 aromatic rings. The van der Waals surface area contributed by atoms with Gasteiger partial charge in [-0.05, 0) is 44.1 Å². The van der Waals surface area contributed by atoms with Crippen molar-refractivity contribution < 1.29 is 18.0 Å². The van der Waals surface area contributed by atoms with Gasteiger partial charge in [0.2, 0.25) is 0 Å². The minimum Gasteiger partial charge on any atom is -0.382 e. The standard InChI is InChI=1S/C16H19F3N6O/c17-16(18,19)11-4-3-5-12(10-11)25-14(20)13(22-23-25)15(26)21-6-9-24-7-1-2-8-24/h3-5,10H,1-2,6-9,20H2,(H,21,26). The topological polar surface area (TPSA) is 89.1 Å². The molecule has 7 nitrogen and oxygen atoms in total. The van der Waals surface area contributed by atoms with Gasteiger partial charge >= 0.3 is 6.18 Å². The first-order valence-corrected chi connectivity index (χ1v) is 8.25. The molecule has 3 N–H and O–H groups in total. The molecule has 1 aliphatic heterocycles. The highest BCUT2D eigenvalue weighted by molar-refractivity contribution is 5.96. The molecule has 140 valence electrons. The number of benzene rings is 1. The van der Waals surface area contributed by atoms with Crippen LogP contribution in [-0.4, -0.2) is 52.0 Å². The van der Waals surface area contributed by atoms with Gasteiger partial charge in [-0.25, -0.2) is 0 Å². The van der Waals surface area contributed by atoms with Crippen LogP contribution < -0.4 is 11.1 Å². The van der Waals surface area contributed by atoms with Crippen molar-refractivity contribution in [3.63, 3.8) is 0 Å². The summed E-state index contributed by atoms with van der Waals surface area (Å²) >= 11 is 0. The van der Waals surface area contributed by atoms with Crippen molar-refractivity contribution in [2.45, 2.75) is 19.0 Å². The van der Waals surface area contributed by atoms with Gasteiger partial charge in [0.25, 0.3) is 5.91 Å². The van der Waals surface area contributed by atoms with Crippen LogP contribution in [0.2, 0.25) is 0 Å². The third-order valence-corrected chi connectivity index (χ3v) is 4.25. The number of anilines is 1. The normalized spacial score (nSPS) is 15.3. The first-order valence-electron chi connectivity index (χ1n) is 8.25. The zero-order valence-electron chi connectivity index (χ0n) is 14.0. The molecular weight excluding hydrogens is 349 g/mol. The molecule has 0 aliphatic carbocycles. The second-order valence-electron chi connectivity index (χ2n) is 6.09. The van der Waals surface area contributed by atoms with Crippen LogP contribution in [0.1, 0.15) is 28.9 Å². The number of nitrogens with one attached hydrogen (secondary N) is 1. The number of amides is 1. The monoisotopic (exact) mass is 368 g/mol. The van der Waals surface area contributed by atoms with Crippen LogP contribution in [0, 0.1) is 0 Å². The number of rotatable bonds is 5. The molecule has 10 heteroatoms. The highest BCUT2D eigenvalue weighted by Gasteiger charge is 2.31. The maximum Gasteiger partial charge on any atom is 0.416 e. The maximum absolute atomic E-state index is 12.8. The van der Waals surface area contributed by atoms with Crippen molar-refractivity contribution in [3.05, 3.63) is 35.5 Å². The van der Waals surface area contributed by atoms with E-state index in [1.807, 2.05) is 0 Å². The molecule has 1 aromatic carbocycles. The number of nitrogens with zero attached hydrogens (tertiary/aromatic N) is 4. The quantitative estimate of drug-likeness (QED) is 0.839. The van der Waals surface area contributed by atoms with Crippen molar-refractivity contribution in [2.24, 2.45) is 0 Å². The molecule has 3 rings (SSSR count). The lowest BCUT2D eigenvalue weighted by Gasteiger charge is -2.14. The Bertz CT molecular complexity index is 783. The van der Waals surface area contributed by atoms with Crippen molar-refractivity contribution in [1.82, 2.24) is 25.2 Å². The second kappa shape index (κ2) is 7.32. The number of alkyl halides is 3. The fraction of sp³-hybridized carbons (Fsp3) is 0.438. The van der Waals surface area contributed by atoms with Crippen LogP contribution in [-0.2, 0) is 6.18 Å². The van der Waals surface area contributed by atoms with E-state index in [1.165, 1.54) is 12.1 Å². The van der Waals surface area contributed by atoms with E-state index >= 15 is 0 Å². The lowest BCUT2D eigenvalue weighted by atomic mass is 10.2. The molecule has 0 radical (unpaired) electrons. The summed E-state index contributed by atoms with van der Waals surface area (Å²) in [5.41, 5.74) is 5.02. The average Bonchev–Trinajstić information content (AvgIpc) is 3.24. The van der Waals surface area contributed by atoms with E-state index in [4.69, 9.17) is 5.73 Å². The smallest absolute Gasteiger partial charge is 0.382 e. The van der Waals surface area contributed by atoms with Crippen LogP contribution in [0.3, 0.4) is 0 Å². The lowest BCUT2D eigenvalue weighted by Crippen LogP contribution is -2.34. The van der Waals surface area contributed by atoms with Crippen LogP contribution in [0.5, 0.6) is 0 Å². The summed E-state index contributed by atoms with van der Waals surface area (Å²) in [5, 5.41) is 10.1. The van der Waals surface area contributed by atoms with Gasteiger partial charge in [-0.15, -0.1) is 5.10 Å². The average molecular weight is 368 g/mol.